The summed E-state index contributed by atoms with van der Waals surface area (Å²) in [6, 6.07) is 9.20. The van der Waals surface area contributed by atoms with E-state index in [-0.39, 0.29) is 0 Å². The minimum Gasteiger partial charge on any atom is -0.313 e. The molecule has 0 heterocycles. The van der Waals surface area contributed by atoms with Crippen molar-refractivity contribution in [1.82, 2.24) is 5.32 Å². The second kappa shape index (κ2) is 9.11. The largest absolute Gasteiger partial charge is 0.313 e. The lowest BCUT2D eigenvalue weighted by Gasteiger charge is -2.24. The number of halogens is 1. The molecule has 1 saturated carbocycles. The van der Waals surface area contributed by atoms with E-state index >= 15 is 0 Å². The van der Waals surface area contributed by atoms with Gasteiger partial charge in [0, 0.05) is 21.5 Å². The first-order valence-electron chi connectivity index (χ1n) is 7.88. The number of benzene rings is 1. The molecule has 3 heteroatoms. The highest BCUT2D eigenvalue weighted by molar-refractivity contribution is 9.10. The van der Waals surface area contributed by atoms with Crippen molar-refractivity contribution < 1.29 is 0 Å². The van der Waals surface area contributed by atoms with E-state index in [2.05, 4.69) is 64.2 Å². The highest BCUT2D eigenvalue weighted by atomic mass is 79.9. The first-order chi connectivity index (χ1) is 9.79. The third-order valence-corrected chi connectivity index (χ3v) is 6.31. The van der Waals surface area contributed by atoms with Crippen LogP contribution in [0.1, 0.15) is 44.6 Å². The van der Waals surface area contributed by atoms with Crippen LogP contribution in [0.25, 0.3) is 0 Å². The molecule has 0 amide bonds. The lowest BCUT2D eigenvalue weighted by atomic mass is 10.0. The highest BCUT2D eigenvalue weighted by Crippen LogP contribution is 2.29. The van der Waals surface area contributed by atoms with Crippen LogP contribution < -0.4 is 5.32 Å². The molecule has 1 aromatic rings. The average molecular weight is 356 g/mol. The van der Waals surface area contributed by atoms with Crippen LogP contribution in [0.5, 0.6) is 0 Å². The fraction of sp³-hybridized carbons (Fsp3) is 0.647. The van der Waals surface area contributed by atoms with Crippen molar-refractivity contribution in [2.45, 2.75) is 56.7 Å². The van der Waals surface area contributed by atoms with Gasteiger partial charge >= 0.3 is 0 Å². The van der Waals surface area contributed by atoms with Gasteiger partial charge in [0.15, 0.2) is 0 Å². The van der Waals surface area contributed by atoms with Crippen LogP contribution in [0.2, 0.25) is 0 Å². The van der Waals surface area contributed by atoms with Gasteiger partial charge in [-0.1, -0.05) is 60.3 Å². The Kier molecular flexibility index (Phi) is 7.47. The molecule has 2 rings (SSSR count). The molecule has 112 valence electrons. The molecule has 0 spiro atoms. The van der Waals surface area contributed by atoms with Gasteiger partial charge in [0.1, 0.15) is 0 Å². The monoisotopic (exact) mass is 355 g/mol. The Bertz CT molecular complexity index is 390. The number of thioether (sulfide) groups is 1. The molecule has 1 aromatic carbocycles. The van der Waals surface area contributed by atoms with E-state index in [0.717, 1.165) is 18.2 Å². The van der Waals surface area contributed by atoms with Crippen molar-refractivity contribution >= 4 is 27.7 Å². The zero-order valence-electron chi connectivity index (χ0n) is 12.4. The average Bonchev–Trinajstić information content (AvgIpc) is 2.48. The van der Waals surface area contributed by atoms with Crippen molar-refractivity contribution in [3.8, 4) is 0 Å². The Morgan fingerprint density at radius 3 is 2.70 bits per heavy atom. The Balaban J connectivity index is 1.84. The maximum absolute atomic E-state index is 3.67. The van der Waals surface area contributed by atoms with Gasteiger partial charge in [-0.25, -0.2) is 0 Å². The van der Waals surface area contributed by atoms with Crippen molar-refractivity contribution in [2.24, 2.45) is 0 Å². The molecule has 1 fully saturated rings. The molecule has 1 atom stereocenters. The minimum atomic E-state index is 0.589. The normalized spacial score (nSPS) is 18.1. The molecule has 0 radical (unpaired) electrons. The van der Waals surface area contributed by atoms with Crippen molar-refractivity contribution in [3.05, 3.63) is 34.3 Å². The lowest BCUT2D eigenvalue weighted by molar-refractivity contribution is 0.513. The molecule has 0 saturated heterocycles. The molecule has 1 aliphatic rings. The summed E-state index contributed by atoms with van der Waals surface area (Å²) in [5.41, 5.74) is 1.42. The zero-order chi connectivity index (χ0) is 14.2. The van der Waals surface area contributed by atoms with E-state index in [1.165, 1.54) is 47.9 Å². The van der Waals surface area contributed by atoms with Crippen LogP contribution in [0.3, 0.4) is 0 Å². The van der Waals surface area contributed by atoms with E-state index < -0.39 is 0 Å². The summed E-state index contributed by atoms with van der Waals surface area (Å²) in [6.07, 6.45) is 8.30. The molecule has 1 aliphatic carbocycles. The minimum absolute atomic E-state index is 0.589. The quantitative estimate of drug-likeness (QED) is 0.735. The zero-order valence-corrected chi connectivity index (χ0v) is 14.8. The van der Waals surface area contributed by atoms with Crippen molar-refractivity contribution in [3.63, 3.8) is 0 Å². The molecular weight excluding hydrogens is 330 g/mol. The maximum atomic E-state index is 3.67. The SMILES string of the molecule is CCNC(CSC1CCCCC1)Cc1ccccc1Br. The number of rotatable bonds is 7. The molecule has 1 N–H and O–H groups in total. The summed E-state index contributed by atoms with van der Waals surface area (Å²) in [7, 11) is 0. The number of hydrogen-bond donors (Lipinski definition) is 1. The van der Waals surface area contributed by atoms with E-state index in [4.69, 9.17) is 0 Å². The van der Waals surface area contributed by atoms with E-state index in [1.54, 1.807) is 0 Å². The van der Waals surface area contributed by atoms with Crippen LogP contribution in [0.4, 0.5) is 0 Å². The molecular formula is C17H26BrNS. The third-order valence-electron chi connectivity index (χ3n) is 4.00. The van der Waals surface area contributed by atoms with Crippen LogP contribution >= 0.6 is 27.7 Å². The number of nitrogens with one attached hydrogen (secondary N) is 1. The van der Waals surface area contributed by atoms with Gasteiger partial charge in [-0.2, -0.15) is 11.8 Å². The second-order valence-corrected chi connectivity index (χ2v) is 7.83. The van der Waals surface area contributed by atoms with E-state index in [0.29, 0.717) is 6.04 Å². The Morgan fingerprint density at radius 1 is 1.25 bits per heavy atom. The summed E-state index contributed by atoms with van der Waals surface area (Å²) < 4.78 is 1.24. The van der Waals surface area contributed by atoms with Gasteiger partial charge in [-0.15, -0.1) is 0 Å². The summed E-state index contributed by atoms with van der Waals surface area (Å²) in [6.45, 7) is 3.26. The Hall–Kier alpha value is 0.01000. The van der Waals surface area contributed by atoms with Gasteiger partial charge in [0.25, 0.3) is 0 Å². The molecule has 0 aromatic heterocycles. The third kappa shape index (κ3) is 5.42. The van der Waals surface area contributed by atoms with Crippen LogP contribution in [0, 0.1) is 0 Å². The van der Waals surface area contributed by atoms with Crippen LogP contribution in [0.15, 0.2) is 28.7 Å². The topological polar surface area (TPSA) is 12.0 Å². The summed E-state index contributed by atoms with van der Waals surface area (Å²) in [4.78, 5) is 0. The predicted molar refractivity (Wildman–Crippen MR) is 94.6 cm³/mol. The van der Waals surface area contributed by atoms with Crippen LogP contribution in [-0.2, 0) is 6.42 Å². The predicted octanol–water partition coefficient (Wildman–Crippen LogP) is 5.04. The van der Waals surface area contributed by atoms with Crippen LogP contribution in [-0.4, -0.2) is 23.6 Å². The standard InChI is InChI=1S/C17H26BrNS/c1-2-19-15(12-14-8-6-7-11-17(14)18)13-20-16-9-4-3-5-10-16/h6-8,11,15-16,19H,2-5,9-10,12-13H2,1H3. The molecule has 0 bridgehead atoms. The summed E-state index contributed by atoms with van der Waals surface area (Å²) in [5, 5.41) is 4.56. The van der Waals surface area contributed by atoms with E-state index in [1.807, 2.05) is 0 Å². The lowest BCUT2D eigenvalue weighted by Crippen LogP contribution is -2.34. The molecule has 0 aliphatic heterocycles. The second-order valence-electron chi connectivity index (χ2n) is 5.64. The fourth-order valence-corrected chi connectivity index (χ4v) is 4.75. The van der Waals surface area contributed by atoms with Gasteiger partial charge in [0.05, 0.1) is 0 Å². The van der Waals surface area contributed by atoms with Gasteiger partial charge in [0.2, 0.25) is 0 Å². The van der Waals surface area contributed by atoms with Gasteiger partial charge in [-0.05, 0) is 37.4 Å². The molecule has 1 nitrogen and oxygen atoms in total. The van der Waals surface area contributed by atoms with E-state index in [9.17, 15) is 0 Å². The van der Waals surface area contributed by atoms with Crippen molar-refractivity contribution in [1.29, 1.82) is 0 Å². The highest BCUT2D eigenvalue weighted by Gasteiger charge is 2.17. The Labute approximate surface area is 136 Å². The summed E-state index contributed by atoms with van der Waals surface area (Å²) >= 11 is 5.86. The fourth-order valence-electron chi connectivity index (χ4n) is 2.89. The smallest absolute Gasteiger partial charge is 0.0207 e. The first kappa shape index (κ1) is 16.4. The molecule has 20 heavy (non-hydrogen) atoms. The number of likely N-dealkylation sites (N-methyl/N-ethyl adjacent to an activating group) is 1. The molecule has 1 unspecified atom stereocenters. The van der Waals surface area contributed by atoms with Gasteiger partial charge in [-0.3, -0.25) is 0 Å². The Morgan fingerprint density at radius 2 is 2.00 bits per heavy atom. The van der Waals surface area contributed by atoms with Crippen molar-refractivity contribution in [2.75, 3.05) is 12.3 Å². The van der Waals surface area contributed by atoms with Gasteiger partial charge < -0.3 is 5.32 Å². The first-order valence-corrected chi connectivity index (χ1v) is 9.72. The number of hydrogen-bond acceptors (Lipinski definition) is 2. The maximum Gasteiger partial charge on any atom is 0.0207 e. The summed E-state index contributed by atoms with van der Waals surface area (Å²) in [5.74, 6) is 1.24.